The number of hydrogen-bond donors (Lipinski definition) is 2. The summed E-state index contributed by atoms with van der Waals surface area (Å²) in [6.45, 7) is 0. The molecule has 2 aromatic rings. The van der Waals surface area contributed by atoms with Gasteiger partial charge in [0.15, 0.2) is 0 Å². The molecule has 0 spiro atoms. The molecule has 2 N–H and O–H groups in total. The molecule has 1 aromatic heterocycles. The van der Waals surface area contributed by atoms with Crippen molar-refractivity contribution in [2.24, 2.45) is 0 Å². The standard InChI is InChI=1S/C9H7NO3/c11-9-7(10-12)5-6-3-1-2-4-8(6)13-9/h1-5,10,12H. The van der Waals surface area contributed by atoms with E-state index in [9.17, 15) is 4.79 Å². The minimum Gasteiger partial charge on any atom is -0.421 e. The number of hydrogen-bond acceptors (Lipinski definition) is 4. The quantitative estimate of drug-likeness (QED) is 0.513. The summed E-state index contributed by atoms with van der Waals surface area (Å²) in [5, 5.41) is 9.33. The van der Waals surface area contributed by atoms with E-state index in [1.54, 1.807) is 23.7 Å². The lowest BCUT2D eigenvalue weighted by Crippen LogP contribution is -2.06. The molecule has 0 aliphatic carbocycles. The topological polar surface area (TPSA) is 62.5 Å². The Balaban J connectivity index is 2.81. The summed E-state index contributed by atoms with van der Waals surface area (Å²) in [4.78, 5) is 11.1. The third-order valence-electron chi connectivity index (χ3n) is 1.76. The van der Waals surface area contributed by atoms with Crippen LogP contribution in [0.3, 0.4) is 0 Å². The van der Waals surface area contributed by atoms with Crippen LogP contribution in [0.4, 0.5) is 5.69 Å². The van der Waals surface area contributed by atoms with E-state index < -0.39 is 5.63 Å². The van der Waals surface area contributed by atoms with Gasteiger partial charge >= 0.3 is 5.63 Å². The summed E-state index contributed by atoms with van der Waals surface area (Å²) in [5.41, 5.74) is 1.75. The second-order valence-electron chi connectivity index (χ2n) is 2.60. The van der Waals surface area contributed by atoms with Gasteiger partial charge in [0, 0.05) is 5.39 Å². The van der Waals surface area contributed by atoms with Crippen molar-refractivity contribution in [3.63, 3.8) is 0 Å². The van der Waals surface area contributed by atoms with Crippen LogP contribution in [0.5, 0.6) is 0 Å². The van der Waals surface area contributed by atoms with Gasteiger partial charge in [0.1, 0.15) is 11.3 Å². The molecular weight excluding hydrogens is 170 g/mol. The number of anilines is 1. The van der Waals surface area contributed by atoms with Crippen molar-refractivity contribution < 1.29 is 9.62 Å². The van der Waals surface area contributed by atoms with Gasteiger partial charge in [0.2, 0.25) is 0 Å². The summed E-state index contributed by atoms with van der Waals surface area (Å²) in [6, 6.07) is 8.61. The van der Waals surface area contributed by atoms with Gasteiger partial charge in [-0.25, -0.2) is 4.79 Å². The summed E-state index contributed by atoms with van der Waals surface area (Å²) in [5.74, 6) is 0. The highest BCUT2D eigenvalue weighted by atomic mass is 16.5. The number of rotatable bonds is 1. The Kier molecular flexibility index (Phi) is 1.75. The summed E-state index contributed by atoms with van der Waals surface area (Å²) < 4.78 is 4.91. The van der Waals surface area contributed by atoms with Gasteiger partial charge in [-0.2, -0.15) is 0 Å². The maximum atomic E-state index is 11.1. The predicted octanol–water partition coefficient (Wildman–Crippen LogP) is 1.59. The van der Waals surface area contributed by atoms with Crippen LogP contribution in [0.15, 0.2) is 39.5 Å². The molecule has 0 radical (unpaired) electrons. The van der Waals surface area contributed by atoms with Crippen LogP contribution in [0.2, 0.25) is 0 Å². The van der Waals surface area contributed by atoms with Gasteiger partial charge in [-0.05, 0) is 12.1 Å². The predicted molar refractivity (Wildman–Crippen MR) is 47.9 cm³/mol. The second-order valence-corrected chi connectivity index (χ2v) is 2.60. The third-order valence-corrected chi connectivity index (χ3v) is 1.76. The van der Waals surface area contributed by atoms with Gasteiger partial charge in [0.25, 0.3) is 0 Å². The molecule has 2 rings (SSSR count). The zero-order valence-electron chi connectivity index (χ0n) is 6.65. The maximum Gasteiger partial charge on any atom is 0.362 e. The van der Waals surface area contributed by atoms with Crippen LogP contribution < -0.4 is 11.1 Å². The van der Waals surface area contributed by atoms with Gasteiger partial charge < -0.3 is 4.42 Å². The molecule has 4 nitrogen and oxygen atoms in total. The van der Waals surface area contributed by atoms with Crippen molar-refractivity contribution in [2.45, 2.75) is 0 Å². The third kappa shape index (κ3) is 1.27. The molecule has 0 bridgehead atoms. The highest BCUT2D eigenvalue weighted by molar-refractivity contribution is 5.79. The van der Waals surface area contributed by atoms with Crippen LogP contribution >= 0.6 is 0 Å². The number of nitrogens with one attached hydrogen (secondary N) is 1. The number of fused-ring (bicyclic) bond motifs is 1. The first kappa shape index (κ1) is 7.82. The monoisotopic (exact) mass is 177 g/mol. The Labute approximate surface area is 73.4 Å². The lowest BCUT2D eigenvalue weighted by Gasteiger charge is -1.98. The first-order valence-electron chi connectivity index (χ1n) is 3.74. The molecule has 1 heterocycles. The van der Waals surface area contributed by atoms with Crippen molar-refractivity contribution in [1.82, 2.24) is 0 Å². The van der Waals surface area contributed by atoms with Crippen molar-refractivity contribution >= 4 is 16.7 Å². The Hall–Kier alpha value is -1.81. The van der Waals surface area contributed by atoms with E-state index in [4.69, 9.17) is 9.62 Å². The Morgan fingerprint density at radius 2 is 2.08 bits per heavy atom. The van der Waals surface area contributed by atoms with Crippen molar-refractivity contribution in [2.75, 3.05) is 5.48 Å². The zero-order chi connectivity index (χ0) is 9.26. The fourth-order valence-electron chi connectivity index (χ4n) is 1.14. The fourth-order valence-corrected chi connectivity index (χ4v) is 1.14. The molecular formula is C9H7NO3. The smallest absolute Gasteiger partial charge is 0.362 e. The van der Waals surface area contributed by atoms with E-state index in [0.29, 0.717) is 5.58 Å². The molecule has 0 amide bonds. The Morgan fingerprint density at radius 3 is 2.85 bits per heavy atom. The molecule has 13 heavy (non-hydrogen) atoms. The summed E-state index contributed by atoms with van der Waals surface area (Å²) in [7, 11) is 0. The molecule has 4 heteroatoms. The van der Waals surface area contributed by atoms with Gasteiger partial charge in [0.05, 0.1) is 0 Å². The molecule has 0 atom stereocenters. The lowest BCUT2D eigenvalue weighted by atomic mass is 10.2. The SMILES string of the molecule is O=c1oc2ccccc2cc1NO. The van der Waals surface area contributed by atoms with Crippen LogP contribution in [0.25, 0.3) is 11.0 Å². The molecule has 0 saturated carbocycles. The van der Waals surface area contributed by atoms with Crippen molar-refractivity contribution in [3.8, 4) is 0 Å². The molecule has 0 fully saturated rings. The fraction of sp³-hybridized carbons (Fsp3) is 0. The lowest BCUT2D eigenvalue weighted by molar-refractivity contribution is 0.384. The van der Waals surface area contributed by atoms with Crippen LogP contribution in [-0.4, -0.2) is 5.21 Å². The number of para-hydroxylation sites is 1. The van der Waals surface area contributed by atoms with Gasteiger partial charge in [-0.1, -0.05) is 18.2 Å². The molecule has 0 aliphatic rings. The van der Waals surface area contributed by atoms with Gasteiger partial charge in [-0.3, -0.25) is 10.7 Å². The average molecular weight is 177 g/mol. The van der Waals surface area contributed by atoms with Crippen LogP contribution in [0, 0.1) is 0 Å². The summed E-state index contributed by atoms with van der Waals surface area (Å²) in [6.07, 6.45) is 0. The maximum absolute atomic E-state index is 11.1. The van der Waals surface area contributed by atoms with Crippen molar-refractivity contribution in [1.29, 1.82) is 0 Å². The van der Waals surface area contributed by atoms with Gasteiger partial charge in [-0.15, -0.1) is 0 Å². The van der Waals surface area contributed by atoms with E-state index in [2.05, 4.69) is 0 Å². The van der Waals surface area contributed by atoms with Crippen LogP contribution in [0.1, 0.15) is 0 Å². The van der Waals surface area contributed by atoms with E-state index >= 15 is 0 Å². The molecule has 0 unspecified atom stereocenters. The highest BCUT2D eigenvalue weighted by Crippen LogP contribution is 2.14. The summed E-state index contributed by atoms with van der Waals surface area (Å²) >= 11 is 0. The Morgan fingerprint density at radius 1 is 1.31 bits per heavy atom. The van der Waals surface area contributed by atoms with Crippen LogP contribution in [-0.2, 0) is 0 Å². The number of benzene rings is 1. The average Bonchev–Trinajstić information content (AvgIpc) is 2.17. The molecule has 0 saturated heterocycles. The van der Waals surface area contributed by atoms with E-state index in [0.717, 1.165) is 5.39 Å². The zero-order valence-corrected chi connectivity index (χ0v) is 6.65. The van der Waals surface area contributed by atoms with E-state index in [1.165, 1.54) is 6.07 Å². The first-order valence-corrected chi connectivity index (χ1v) is 3.74. The minimum atomic E-state index is -0.582. The molecule has 66 valence electrons. The highest BCUT2D eigenvalue weighted by Gasteiger charge is 2.02. The normalized spacial score (nSPS) is 10.2. The van der Waals surface area contributed by atoms with E-state index in [-0.39, 0.29) is 5.69 Å². The molecule has 0 aliphatic heterocycles. The largest absolute Gasteiger partial charge is 0.421 e. The van der Waals surface area contributed by atoms with E-state index in [1.807, 2.05) is 6.07 Å². The first-order chi connectivity index (χ1) is 6.31. The van der Waals surface area contributed by atoms with Crippen molar-refractivity contribution in [3.05, 3.63) is 40.8 Å². The Bertz CT molecular complexity index is 489. The second kappa shape index (κ2) is 2.91. The minimum absolute atomic E-state index is 0.0405. The molecule has 1 aromatic carbocycles.